The van der Waals surface area contributed by atoms with Gasteiger partial charge in [0.25, 0.3) is 0 Å². The summed E-state index contributed by atoms with van der Waals surface area (Å²) in [5, 5.41) is 13.1. The predicted octanol–water partition coefficient (Wildman–Crippen LogP) is 2.72. The highest BCUT2D eigenvalue weighted by Crippen LogP contribution is 2.31. The third kappa shape index (κ3) is 3.96. The highest BCUT2D eigenvalue weighted by atomic mass is 16.5. The summed E-state index contributed by atoms with van der Waals surface area (Å²) >= 11 is 0. The van der Waals surface area contributed by atoms with E-state index < -0.39 is 5.60 Å². The molecule has 2 N–H and O–H groups in total. The lowest BCUT2D eigenvalue weighted by atomic mass is 9.82. The van der Waals surface area contributed by atoms with Crippen LogP contribution in [0.4, 0.5) is 5.69 Å². The van der Waals surface area contributed by atoms with Gasteiger partial charge in [-0.15, -0.1) is 0 Å². The van der Waals surface area contributed by atoms with E-state index in [0.717, 1.165) is 43.5 Å². The molecule has 1 aromatic rings. The van der Waals surface area contributed by atoms with E-state index in [2.05, 4.69) is 5.32 Å². The Balaban J connectivity index is 1.89. The number of carbonyl (C=O) groups excluding carboxylic acids is 1. The summed E-state index contributed by atoms with van der Waals surface area (Å²) in [6, 6.07) is 7.18. The molecule has 1 aliphatic rings. The topological polar surface area (TPSA) is 58.6 Å². The van der Waals surface area contributed by atoms with Crippen molar-refractivity contribution in [2.24, 2.45) is 0 Å². The summed E-state index contributed by atoms with van der Waals surface area (Å²) in [6.07, 6.45) is 4.80. The van der Waals surface area contributed by atoms with Crippen molar-refractivity contribution >= 4 is 11.6 Å². The van der Waals surface area contributed by atoms with Gasteiger partial charge in [-0.05, 0) is 37.1 Å². The average molecular weight is 263 g/mol. The number of amides is 1. The van der Waals surface area contributed by atoms with Crippen molar-refractivity contribution in [3.8, 4) is 5.75 Å². The number of aliphatic hydroxyl groups is 1. The minimum Gasteiger partial charge on any atom is -0.497 e. The Bertz CT molecular complexity index is 422. The molecule has 0 radical (unpaired) electrons. The first-order chi connectivity index (χ1) is 9.11. The fourth-order valence-corrected chi connectivity index (χ4v) is 2.57. The van der Waals surface area contributed by atoms with Gasteiger partial charge in [-0.1, -0.05) is 19.3 Å². The summed E-state index contributed by atoms with van der Waals surface area (Å²) in [7, 11) is 1.60. The van der Waals surface area contributed by atoms with E-state index in [1.165, 1.54) is 0 Å². The monoisotopic (exact) mass is 263 g/mol. The van der Waals surface area contributed by atoms with Crippen LogP contribution < -0.4 is 10.1 Å². The van der Waals surface area contributed by atoms with Crippen LogP contribution in [0.1, 0.15) is 38.5 Å². The lowest BCUT2D eigenvalue weighted by molar-refractivity contribution is -0.122. The molecule has 0 spiro atoms. The molecule has 0 unspecified atom stereocenters. The minimum absolute atomic E-state index is 0.130. The first kappa shape index (κ1) is 13.9. The normalized spacial score (nSPS) is 17.8. The largest absolute Gasteiger partial charge is 0.497 e. The van der Waals surface area contributed by atoms with Crippen molar-refractivity contribution < 1.29 is 14.6 Å². The van der Waals surface area contributed by atoms with Gasteiger partial charge in [0.05, 0.1) is 19.1 Å². The molecule has 1 fully saturated rings. The van der Waals surface area contributed by atoms with Gasteiger partial charge in [-0.25, -0.2) is 0 Å². The predicted molar refractivity (Wildman–Crippen MR) is 74.3 cm³/mol. The molecule has 1 amide bonds. The molecule has 0 aliphatic heterocycles. The smallest absolute Gasteiger partial charge is 0.227 e. The van der Waals surface area contributed by atoms with E-state index in [0.29, 0.717) is 0 Å². The van der Waals surface area contributed by atoms with Gasteiger partial charge in [0, 0.05) is 5.69 Å². The van der Waals surface area contributed by atoms with Gasteiger partial charge in [0.1, 0.15) is 5.75 Å². The highest BCUT2D eigenvalue weighted by molar-refractivity contribution is 5.91. The Kier molecular flexibility index (Phi) is 4.43. The quantitative estimate of drug-likeness (QED) is 0.878. The molecule has 0 bridgehead atoms. The van der Waals surface area contributed by atoms with Crippen LogP contribution in [0.5, 0.6) is 5.75 Å². The third-order valence-corrected chi connectivity index (χ3v) is 3.65. The zero-order valence-corrected chi connectivity index (χ0v) is 11.3. The lowest BCUT2D eigenvalue weighted by Crippen LogP contribution is -2.35. The number of anilines is 1. The molecule has 1 aromatic carbocycles. The standard InChI is InChI=1S/C15H21NO3/c1-19-13-7-5-12(6-8-13)16-14(17)11-15(18)9-3-2-4-10-15/h5-8,18H,2-4,9-11H2,1H3,(H,16,17). The summed E-state index contributed by atoms with van der Waals surface area (Å²) < 4.78 is 5.06. The van der Waals surface area contributed by atoms with E-state index >= 15 is 0 Å². The Morgan fingerprint density at radius 2 is 1.89 bits per heavy atom. The van der Waals surface area contributed by atoms with Crippen molar-refractivity contribution in [2.45, 2.75) is 44.1 Å². The second-order valence-electron chi connectivity index (χ2n) is 5.24. The number of rotatable bonds is 4. The van der Waals surface area contributed by atoms with E-state index in [-0.39, 0.29) is 12.3 Å². The molecule has 0 atom stereocenters. The lowest BCUT2D eigenvalue weighted by Gasteiger charge is -2.31. The maximum Gasteiger partial charge on any atom is 0.227 e. The Hall–Kier alpha value is -1.55. The first-order valence-corrected chi connectivity index (χ1v) is 6.78. The van der Waals surface area contributed by atoms with Gasteiger partial charge in [0.2, 0.25) is 5.91 Å². The second kappa shape index (κ2) is 6.06. The molecule has 2 rings (SSSR count). The van der Waals surface area contributed by atoms with Gasteiger partial charge in [-0.3, -0.25) is 4.79 Å². The molecular weight excluding hydrogens is 242 g/mol. The van der Waals surface area contributed by atoms with Crippen molar-refractivity contribution in [3.63, 3.8) is 0 Å². The van der Waals surface area contributed by atoms with Crippen LogP contribution in [0.2, 0.25) is 0 Å². The van der Waals surface area contributed by atoms with Crippen LogP contribution in [0.3, 0.4) is 0 Å². The zero-order valence-electron chi connectivity index (χ0n) is 11.3. The van der Waals surface area contributed by atoms with Gasteiger partial charge >= 0.3 is 0 Å². The number of nitrogens with one attached hydrogen (secondary N) is 1. The van der Waals surface area contributed by atoms with E-state index in [9.17, 15) is 9.90 Å². The van der Waals surface area contributed by atoms with Crippen LogP contribution in [0, 0.1) is 0 Å². The average Bonchev–Trinajstić information content (AvgIpc) is 2.39. The molecule has 104 valence electrons. The van der Waals surface area contributed by atoms with E-state index in [1.807, 2.05) is 0 Å². The molecule has 0 saturated heterocycles. The number of benzene rings is 1. The Labute approximate surface area is 113 Å². The molecule has 4 nitrogen and oxygen atoms in total. The number of hydrogen-bond acceptors (Lipinski definition) is 3. The van der Waals surface area contributed by atoms with Gasteiger partial charge in [-0.2, -0.15) is 0 Å². The molecular formula is C15H21NO3. The highest BCUT2D eigenvalue weighted by Gasteiger charge is 2.31. The third-order valence-electron chi connectivity index (χ3n) is 3.65. The van der Waals surface area contributed by atoms with Crippen LogP contribution in [0.15, 0.2) is 24.3 Å². The molecule has 1 aliphatic carbocycles. The van der Waals surface area contributed by atoms with Crippen molar-refractivity contribution in [3.05, 3.63) is 24.3 Å². The number of carbonyl (C=O) groups is 1. The van der Waals surface area contributed by atoms with Crippen LogP contribution in [0.25, 0.3) is 0 Å². The summed E-state index contributed by atoms with van der Waals surface area (Å²) in [6.45, 7) is 0. The van der Waals surface area contributed by atoms with E-state index in [1.54, 1.807) is 31.4 Å². The Morgan fingerprint density at radius 1 is 1.26 bits per heavy atom. The molecule has 1 saturated carbocycles. The molecule has 0 aromatic heterocycles. The summed E-state index contributed by atoms with van der Waals surface area (Å²) in [4.78, 5) is 11.9. The molecule has 0 heterocycles. The zero-order chi connectivity index (χ0) is 13.7. The molecule has 19 heavy (non-hydrogen) atoms. The van der Waals surface area contributed by atoms with Crippen molar-refractivity contribution in [2.75, 3.05) is 12.4 Å². The minimum atomic E-state index is -0.811. The first-order valence-electron chi connectivity index (χ1n) is 6.78. The second-order valence-corrected chi connectivity index (χ2v) is 5.24. The van der Waals surface area contributed by atoms with Crippen LogP contribution >= 0.6 is 0 Å². The SMILES string of the molecule is COc1ccc(NC(=O)CC2(O)CCCCC2)cc1. The number of ether oxygens (including phenoxy) is 1. The van der Waals surface area contributed by atoms with Crippen LogP contribution in [-0.4, -0.2) is 23.7 Å². The fraction of sp³-hybridized carbons (Fsp3) is 0.533. The number of methoxy groups -OCH3 is 1. The fourth-order valence-electron chi connectivity index (χ4n) is 2.57. The van der Waals surface area contributed by atoms with Crippen molar-refractivity contribution in [1.82, 2.24) is 0 Å². The summed E-state index contributed by atoms with van der Waals surface area (Å²) in [5.41, 5.74) is -0.0837. The number of hydrogen-bond donors (Lipinski definition) is 2. The van der Waals surface area contributed by atoms with Gasteiger partial charge < -0.3 is 15.2 Å². The Morgan fingerprint density at radius 3 is 2.47 bits per heavy atom. The molecule has 4 heteroatoms. The van der Waals surface area contributed by atoms with Crippen molar-refractivity contribution in [1.29, 1.82) is 0 Å². The maximum atomic E-state index is 11.9. The van der Waals surface area contributed by atoms with E-state index in [4.69, 9.17) is 4.74 Å². The van der Waals surface area contributed by atoms with Crippen LogP contribution in [-0.2, 0) is 4.79 Å². The summed E-state index contributed by atoms with van der Waals surface area (Å²) in [5.74, 6) is 0.624. The maximum absolute atomic E-state index is 11.9. The van der Waals surface area contributed by atoms with Gasteiger partial charge in [0.15, 0.2) is 0 Å².